The topological polar surface area (TPSA) is 124 Å². The van der Waals surface area contributed by atoms with Crippen LogP contribution < -0.4 is 15.5 Å². The number of piperazine rings is 1. The van der Waals surface area contributed by atoms with Crippen molar-refractivity contribution in [2.45, 2.75) is 59.1 Å². The van der Waals surface area contributed by atoms with Crippen LogP contribution in [0.25, 0.3) is 0 Å². The molecule has 206 valence electrons. The first-order valence-electron chi connectivity index (χ1n) is 12.7. The van der Waals surface area contributed by atoms with Crippen molar-refractivity contribution >= 4 is 35.3 Å². The van der Waals surface area contributed by atoms with E-state index in [1.807, 2.05) is 35.4 Å². The van der Waals surface area contributed by atoms with Crippen molar-refractivity contribution in [3.05, 3.63) is 42.1 Å². The Kier molecular flexibility index (Phi) is 8.80. The lowest BCUT2D eigenvalue weighted by molar-refractivity contribution is -0.138. The maximum atomic E-state index is 13.0. The van der Waals surface area contributed by atoms with E-state index in [4.69, 9.17) is 4.74 Å². The number of ketones is 1. The van der Waals surface area contributed by atoms with E-state index in [0.29, 0.717) is 45.1 Å². The van der Waals surface area contributed by atoms with Crippen LogP contribution in [-0.4, -0.2) is 83.4 Å². The highest BCUT2D eigenvalue weighted by atomic mass is 16.6. The number of urea groups is 1. The zero-order valence-electron chi connectivity index (χ0n) is 23.0. The minimum atomic E-state index is -1.14. The van der Waals surface area contributed by atoms with Gasteiger partial charge in [-0.05, 0) is 65.3 Å². The van der Waals surface area contributed by atoms with Crippen LogP contribution in [0.5, 0.6) is 0 Å². The summed E-state index contributed by atoms with van der Waals surface area (Å²) in [7, 11) is 0. The number of aliphatic imine (C=N–C) groups is 1. The summed E-state index contributed by atoms with van der Waals surface area (Å²) < 4.78 is 5.27. The number of ether oxygens (including phenoxy) is 1. The van der Waals surface area contributed by atoms with Crippen molar-refractivity contribution in [3.8, 4) is 0 Å². The number of amidine groups is 1. The van der Waals surface area contributed by atoms with E-state index < -0.39 is 17.2 Å². The Morgan fingerprint density at radius 1 is 0.947 bits per heavy atom. The monoisotopic (exact) mass is 526 g/mol. The molecule has 0 radical (unpaired) electrons. The average molecular weight is 527 g/mol. The highest BCUT2D eigenvalue weighted by Gasteiger charge is 2.36. The molecule has 2 heterocycles. The van der Waals surface area contributed by atoms with E-state index in [2.05, 4.69) is 15.6 Å². The Labute approximate surface area is 223 Å². The van der Waals surface area contributed by atoms with Crippen molar-refractivity contribution in [2.24, 2.45) is 4.99 Å². The fraction of sp³-hybridized carbons (Fsp3) is 0.519. The molecule has 1 fully saturated rings. The zero-order chi connectivity index (χ0) is 28.1. The number of alkyl carbamates (subject to hydrolysis) is 1. The van der Waals surface area contributed by atoms with Gasteiger partial charge in [-0.2, -0.15) is 0 Å². The van der Waals surface area contributed by atoms with Crippen LogP contribution in [-0.2, 0) is 20.7 Å². The standard InChI is InChI=1S/C27H38N6O5/c1-19(34)17-20-7-9-21(10-8-20)33-12-11-22(28-18-33)29-24(36)32-15-13-31(14-16-32)23(35)27(5,6)30-25(37)38-26(2,3)4/h7-12H,13-18H2,1-6H3,(H,30,37)(H,28,29,36). The molecule has 0 bridgehead atoms. The summed E-state index contributed by atoms with van der Waals surface area (Å²) in [5.74, 6) is 0.339. The molecular weight excluding hydrogens is 488 g/mol. The number of rotatable bonds is 5. The van der Waals surface area contributed by atoms with Gasteiger partial charge in [0.15, 0.2) is 0 Å². The Morgan fingerprint density at radius 2 is 1.55 bits per heavy atom. The summed E-state index contributed by atoms with van der Waals surface area (Å²) in [6.45, 7) is 11.9. The smallest absolute Gasteiger partial charge is 0.408 e. The Balaban J connectivity index is 1.46. The van der Waals surface area contributed by atoms with Gasteiger partial charge in [0, 0.05) is 44.5 Å². The number of nitrogens with zero attached hydrogens (tertiary/aromatic N) is 4. The summed E-state index contributed by atoms with van der Waals surface area (Å²) in [6.07, 6.45) is 3.33. The number of amides is 4. The quantitative estimate of drug-likeness (QED) is 0.608. The van der Waals surface area contributed by atoms with Gasteiger partial charge < -0.3 is 24.8 Å². The Hall–Kier alpha value is -3.89. The van der Waals surface area contributed by atoms with Gasteiger partial charge in [0.25, 0.3) is 0 Å². The van der Waals surface area contributed by atoms with E-state index in [-0.39, 0.29) is 17.7 Å². The maximum absolute atomic E-state index is 13.0. The lowest BCUT2D eigenvalue weighted by atomic mass is 10.0. The third-order valence-electron chi connectivity index (χ3n) is 5.96. The van der Waals surface area contributed by atoms with Crippen LogP contribution in [0, 0.1) is 0 Å². The molecule has 4 amide bonds. The molecule has 0 unspecified atom stereocenters. The minimum absolute atomic E-state index is 0.118. The highest BCUT2D eigenvalue weighted by molar-refractivity contribution is 6.04. The molecular formula is C27H38N6O5. The van der Waals surface area contributed by atoms with Gasteiger partial charge in [0.2, 0.25) is 5.91 Å². The molecule has 1 aromatic carbocycles. The van der Waals surface area contributed by atoms with Crippen LogP contribution in [0.4, 0.5) is 15.3 Å². The van der Waals surface area contributed by atoms with Crippen molar-refractivity contribution in [1.82, 2.24) is 20.4 Å². The number of carbonyl (C=O) groups excluding carboxylic acids is 4. The van der Waals surface area contributed by atoms with Crippen LogP contribution in [0.1, 0.15) is 47.1 Å². The van der Waals surface area contributed by atoms with E-state index in [0.717, 1.165) is 11.3 Å². The molecule has 0 atom stereocenters. The molecule has 0 spiro atoms. The minimum Gasteiger partial charge on any atom is -0.444 e. The first-order valence-corrected chi connectivity index (χ1v) is 12.7. The predicted molar refractivity (Wildman–Crippen MR) is 145 cm³/mol. The SMILES string of the molecule is CC(=O)Cc1ccc(N2C=CC(NC(=O)N3CCN(C(=O)C(C)(C)NC(=O)OC(C)(C)C)CC3)=NC2)cc1. The molecule has 38 heavy (non-hydrogen) atoms. The summed E-state index contributed by atoms with van der Waals surface area (Å²) in [6, 6.07) is 7.43. The Morgan fingerprint density at radius 3 is 2.08 bits per heavy atom. The third-order valence-corrected chi connectivity index (χ3v) is 5.96. The van der Waals surface area contributed by atoms with Crippen molar-refractivity contribution < 1.29 is 23.9 Å². The van der Waals surface area contributed by atoms with Gasteiger partial charge in [-0.3, -0.25) is 14.9 Å². The summed E-state index contributed by atoms with van der Waals surface area (Å²) in [4.78, 5) is 58.9. The zero-order valence-corrected chi connectivity index (χ0v) is 23.0. The second kappa shape index (κ2) is 11.7. The first kappa shape index (κ1) is 28.7. The van der Waals surface area contributed by atoms with Gasteiger partial charge >= 0.3 is 12.1 Å². The molecule has 2 aliphatic heterocycles. The van der Waals surface area contributed by atoms with E-state index in [1.165, 1.54) is 0 Å². The molecule has 11 heteroatoms. The fourth-order valence-electron chi connectivity index (χ4n) is 4.06. The molecule has 0 saturated carbocycles. The molecule has 0 aromatic heterocycles. The van der Waals surface area contributed by atoms with Crippen LogP contribution in [0.2, 0.25) is 0 Å². The summed E-state index contributed by atoms with van der Waals surface area (Å²) >= 11 is 0. The van der Waals surface area contributed by atoms with E-state index in [1.54, 1.807) is 57.4 Å². The van der Waals surface area contributed by atoms with Crippen molar-refractivity contribution in [2.75, 3.05) is 37.7 Å². The summed E-state index contributed by atoms with van der Waals surface area (Å²) in [5.41, 5.74) is 0.0883. The molecule has 3 rings (SSSR count). The largest absolute Gasteiger partial charge is 0.444 e. The lowest BCUT2D eigenvalue weighted by Crippen LogP contribution is -2.61. The van der Waals surface area contributed by atoms with E-state index in [9.17, 15) is 19.2 Å². The normalized spacial score (nSPS) is 16.1. The molecule has 11 nitrogen and oxygen atoms in total. The van der Waals surface area contributed by atoms with Gasteiger partial charge in [0.05, 0.1) is 0 Å². The number of hydrogen-bond acceptors (Lipinski definition) is 7. The fourth-order valence-corrected chi connectivity index (χ4v) is 4.06. The van der Waals surface area contributed by atoms with E-state index >= 15 is 0 Å². The van der Waals surface area contributed by atoms with Gasteiger partial charge in [-0.1, -0.05) is 12.1 Å². The number of Topliss-reactive ketones (excluding diaryl/α,β-unsaturated/α-hetero) is 1. The number of hydrogen-bond donors (Lipinski definition) is 2. The predicted octanol–water partition coefficient (Wildman–Crippen LogP) is 2.66. The summed E-state index contributed by atoms with van der Waals surface area (Å²) in [5, 5.41) is 5.46. The first-order chi connectivity index (χ1) is 17.7. The lowest BCUT2D eigenvalue weighted by Gasteiger charge is -2.38. The van der Waals surface area contributed by atoms with Gasteiger partial charge in [0.1, 0.15) is 29.4 Å². The second-order valence-corrected chi connectivity index (χ2v) is 11.0. The maximum Gasteiger partial charge on any atom is 0.408 e. The van der Waals surface area contributed by atoms with Crippen LogP contribution in [0.15, 0.2) is 41.5 Å². The second-order valence-electron chi connectivity index (χ2n) is 11.0. The Bertz CT molecular complexity index is 1110. The van der Waals surface area contributed by atoms with Crippen LogP contribution in [0.3, 0.4) is 0 Å². The molecule has 2 aliphatic rings. The molecule has 1 saturated heterocycles. The number of benzene rings is 1. The number of nitrogens with one attached hydrogen (secondary N) is 2. The van der Waals surface area contributed by atoms with Gasteiger partial charge in [-0.25, -0.2) is 14.6 Å². The highest BCUT2D eigenvalue weighted by Crippen LogP contribution is 2.18. The van der Waals surface area contributed by atoms with Crippen LogP contribution >= 0.6 is 0 Å². The molecule has 2 N–H and O–H groups in total. The number of carbonyl (C=O) groups is 4. The van der Waals surface area contributed by atoms with Crippen molar-refractivity contribution in [1.29, 1.82) is 0 Å². The third kappa shape index (κ3) is 8.06. The average Bonchev–Trinajstić information content (AvgIpc) is 2.83. The molecule has 0 aliphatic carbocycles. The molecule has 1 aromatic rings. The number of anilines is 1. The van der Waals surface area contributed by atoms with Gasteiger partial charge in [-0.15, -0.1) is 0 Å². The van der Waals surface area contributed by atoms with Crippen molar-refractivity contribution in [3.63, 3.8) is 0 Å².